The second-order valence-corrected chi connectivity index (χ2v) is 3.76. The molecule has 0 radical (unpaired) electrons. The molecule has 0 spiro atoms. The van der Waals surface area contributed by atoms with Gasteiger partial charge in [0.25, 0.3) is 0 Å². The smallest absolute Gasteiger partial charge is 0.406 e. The fraction of sp³-hybridized carbons (Fsp3) is 0.154. The fourth-order valence-corrected chi connectivity index (χ4v) is 1.66. The van der Waals surface area contributed by atoms with Gasteiger partial charge < -0.3 is 9.84 Å². The van der Waals surface area contributed by atoms with Gasteiger partial charge in [-0.2, -0.15) is 0 Å². The number of aromatic nitrogens is 1. The minimum Gasteiger partial charge on any atom is -0.406 e. The predicted molar refractivity (Wildman–Crippen MR) is 62.3 cm³/mol. The number of benzene rings is 1. The number of hydrogen-bond acceptors (Lipinski definition) is 3. The molecule has 0 unspecified atom stereocenters. The van der Waals surface area contributed by atoms with Crippen molar-refractivity contribution in [3.63, 3.8) is 0 Å². The highest BCUT2D eigenvalue weighted by atomic mass is 19.4. The highest BCUT2D eigenvalue weighted by Gasteiger charge is 2.30. The third-order valence-corrected chi connectivity index (χ3v) is 2.48. The zero-order valence-corrected chi connectivity index (χ0v) is 9.69. The molecule has 19 heavy (non-hydrogen) atoms. The maximum atomic E-state index is 12.0. The van der Waals surface area contributed by atoms with Gasteiger partial charge in [-0.3, -0.25) is 4.98 Å². The van der Waals surface area contributed by atoms with Gasteiger partial charge in [0.15, 0.2) is 0 Å². The van der Waals surface area contributed by atoms with Crippen molar-refractivity contribution in [1.29, 1.82) is 0 Å². The molecular weight excluding hydrogens is 259 g/mol. The summed E-state index contributed by atoms with van der Waals surface area (Å²) in [6, 6.07) is 7.05. The highest BCUT2D eigenvalue weighted by Crippen LogP contribution is 2.27. The molecule has 0 bridgehead atoms. The summed E-state index contributed by atoms with van der Waals surface area (Å²) < 4.78 is 39.8. The van der Waals surface area contributed by atoms with Crippen LogP contribution in [0.1, 0.15) is 5.56 Å². The summed E-state index contributed by atoms with van der Waals surface area (Å²) in [5, 5.41) is 9.19. The summed E-state index contributed by atoms with van der Waals surface area (Å²) in [6.45, 7) is -0.168. The van der Waals surface area contributed by atoms with Gasteiger partial charge in [0, 0.05) is 18.0 Å². The molecule has 0 saturated heterocycles. The number of alkyl halides is 3. The maximum absolute atomic E-state index is 12.0. The molecule has 0 aliphatic rings. The molecule has 0 saturated carbocycles. The molecule has 0 fully saturated rings. The molecule has 2 rings (SSSR count). The Hall–Kier alpha value is -2.08. The van der Waals surface area contributed by atoms with Crippen molar-refractivity contribution >= 4 is 0 Å². The van der Waals surface area contributed by atoms with E-state index in [1.54, 1.807) is 12.3 Å². The maximum Gasteiger partial charge on any atom is 0.573 e. The van der Waals surface area contributed by atoms with Crippen LogP contribution < -0.4 is 4.74 Å². The lowest BCUT2D eigenvalue weighted by atomic mass is 10.0. The van der Waals surface area contributed by atoms with Crippen LogP contribution in [-0.4, -0.2) is 16.5 Å². The van der Waals surface area contributed by atoms with Crippen molar-refractivity contribution < 1.29 is 23.0 Å². The Balaban J connectivity index is 2.27. The largest absolute Gasteiger partial charge is 0.573 e. The Morgan fingerprint density at radius 3 is 2.37 bits per heavy atom. The van der Waals surface area contributed by atoms with Gasteiger partial charge >= 0.3 is 6.36 Å². The summed E-state index contributed by atoms with van der Waals surface area (Å²) in [7, 11) is 0. The average molecular weight is 269 g/mol. The SMILES string of the molecule is OCc1ccncc1-c1ccc(OC(F)(F)F)cc1. The second-order valence-electron chi connectivity index (χ2n) is 3.76. The van der Waals surface area contributed by atoms with Crippen molar-refractivity contribution in [2.24, 2.45) is 0 Å². The Kier molecular flexibility index (Phi) is 3.71. The predicted octanol–water partition coefficient (Wildman–Crippen LogP) is 3.14. The van der Waals surface area contributed by atoms with Gasteiger partial charge in [-0.1, -0.05) is 12.1 Å². The molecule has 0 amide bonds. The van der Waals surface area contributed by atoms with Crippen molar-refractivity contribution in [2.45, 2.75) is 13.0 Å². The number of hydrogen-bond donors (Lipinski definition) is 1. The van der Waals surface area contributed by atoms with E-state index in [4.69, 9.17) is 0 Å². The van der Waals surface area contributed by atoms with Crippen molar-refractivity contribution in [1.82, 2.24) is 4.98 Å². The van der Waals surface area contributed by atoms with E-state index in [0.717, 1.165) is 0 Å². The normalized spacial score (nSPS) is 11.4. The van der Waals surface area contributed by atoms with E-state index in [2.05, 4.69) is 9.72 Å². The van der Waals surface area contributed by atoms with Crippen LogP contribution in [0.5, 0.6) is 5.75 Å². The molecule has 1 aromatic carbocycles. The van der Waals surface area contributed by atoms with Crippen LogP contribution in [0.3, 0.4) is 0 Å². The van der Waals surface area contributed by atoms with Crippen LogP contribution in [0.25, 0.3) is 11.1 Å². The number of aliphatic hydroxyl groups is 1. The topological polar surface area (TPSA) is 42.4 Å². The van der Waals surface area contributed by atoms with E-state index >= 15 is 0 Å². The molecule has 0 atom stereocenters. The van der Waals surface area contributed by atoms with Crippen molar-refractivity contribution in [3.8, 4) is 16.9 Å². The molecule has 2 aromatic rings. The summed E-state index contributed by atoms with van der Waals surface area (Å²) in [5.41, 5.74) is 1.98. The van der Waals surface area contributed by atoms with Crippen molar-refractivity contribution in [3.05, 3.63) is 48.3 Å². The zero-order valence-electron chi connectivity index (χ0n) is 9.69. The van der Waals surface area contributed by atoms with Gasteiger partial charge in [-0.05, 0) is 29.3 Å². The number of pyridine rings is 1. The number of ether oxygens (including phenoxy) is 1. The summed E-state index contributed by atoms with van der Waals surface area (Å²) in [4.78, 5) is 3.93. The molecule has 1 heterocycles. The average Bonchev–Trinajstić information content (AvgIpc) is 2.38. The Bertz CT molecular complexity index is 553. The molecule has 6 heteroatoms. The Morgan fingerprint density at radius 2 is 1.79 bits per heavy atom. The second kappa shape index (κ2) is 5.27. The van der Waals surface area contributed by atoms with Gasteiger partial charge in [-0.25, -0.2) is 0 Å². The van der Waals surface area contributed by atoms with Crippen LogP contribution in [0.15, 0.2) is 42.7 Å². The summed E-state index contributed by atoms with van der Waals surface area (Å²) in [6.07, 6.45) is -1.62. The van der Waals surface area contributed by atoms with Crippen LogP contribution in [0.4, 0.5) is 13.2 Å². The Morgan fingerprint density at radius 1 is 1.11 bits per heavy atom. The first-order chi connectivity index (χ1) is 8.99. The summed E-state index contributed by atoms with van der Waals surface area (Å²) >= 11 is 0. The van der Waals surface area contributed by atoms with E-state index in [9.17, 15) is 18.3 Å². The van der Waals surface area contributed by atoms with E-state index in [1.165, 1.54) is 30.5 Å². The monoisotopic (exact) mass is 269 g/mol. The first-order valence-corrected chi connectivity index (χ1v) is 5.39. The summed E-state index contributed by atoms with van der Waals surface area (Å²) in [5.74, 6) is -0.286. The molecule has 3 nitrogen and oxygen atoms in total. The van der Waals surface area contributed by atoms with Crippen LogP contribution >= 0.6 is 0 Å². The lowest BCUT2D eigenvalue weighted by molar-refractivity contribution is -0.274. The zero-order chi connectivity index (χ0) is 13.9. The van der Waals surface area contributed by atoms with Crippen LogP contribution in [-0.2, 0) is 6.61 Å². The first-order valence-electron chi connectivity index (χ1n) is 5.39. The standard InChI is InChI=1S/C13H10F3NO2/c14-13(15,16)19-11-3-1-9(2-4-11)12-7-17-6-5-10(12)8-18/h1-7,18H,8H2. The molecule has 0 aliphatic heterocycles. The minimum absolute atomic E-state index is 0.168. The van der Waals surface area contributed by atoms with Gasteiger partial charge in [0.05, 0.1) is 6.61 Å². The lowest BCUT2D eigenvalue weighted by Gasteiger charge is -2.10. The molecule has 0 aliphatic carbocycles. The van der Waals surface area contributed by atoms with Gasteiger partial charge in [-0.15, -0.1) is 13.2 Å². The Labute approximate surface area is 107 Å². The number of halogens is 3. The number of aliphatic hydroxyl groups excluding tert-OH is 1. The molecule has 100 valence electrons. The van der Waals surface area contributed by atoms with E-state index in [-0.39, 0.29) is 12.4 Å². The third-order valence-electron chi connectivity index (χ3n) is 2.48. The molecule has 1 aromatic heterocycles. The van der Waals surface area contributed by atoms with Crippen molar-refractivity contribution in [2.75, 3.05) is 0 Å². The van der Waals surface area contributed by atoms with E-state index < -0.39 is 6.36 Å². The highest BCUT2D eigenvalue weighted by molar-refractivity contribution is 5.66. The first kappa shape index (κ1) is 13.4. The van der Waals surface area contributed by atoms with Crippen LogP contribution in [0.2, 0.25) is 0 Å². The van der Waals surface area contributed by atoms with E-state index in [1.807, 2.05) is 0 Å². The lowest BCUT2D eigenvalue weighted by Crippen LogP contribution is -2.16. The quantitative estimate of drug-likeness (QED) is 0.930. The third kappa shape index (κ3) is 3.45. The molecule has 1 N–H and O–H groups in total. The fourth-order valence-electron chi connectivity index (χ4n) is 1.66. The molecular formula is C13H10F3NO2. The van der Waals surface area contributed by atoms with E-state index in [0.29, 0.717) is 16.7 Å². The van der Waals surface area contributed by atoms with Gasteiger partial charge in [0.1, 0.15) is 5.75 Å². The van der Waals surface area contributed by atoms with Gasteiger partial charge in [0.2, 0.25) is 0 Å². The van der Waals surface area contributed by atoms with Crippen LogP contribution in [0, 0.1) is 0 Å². The number of nitrogens with zero attached hydrogens (tertiary/aromatic N) is 1. The number of rotatable bonds is 3. The minimum atomic E-state index is -4.70.